The van der Waals surface area contributed by atoms with Crippen LogP contribution in [0.15, 0.2) is 40.5 Å². The Morgan fingerprint density at radius 2 is 2.13 bits per heavy atom. The summed E-state index contributed by atoms with van der Waals surface area (Å²) in [4.78, 5) is 35.3. The van der Waals surface area contributed by atoms with E-state index < -0.39 is 0 Å². The van der Waals surface area contributed by atoms with Crippen molar-refractivity contribution < 1.29 is 9.53 Å². The van der Waals surface area contributed by atoms with Gasteiger partial charge in [0.2, 0.25) is 11.9 Å². The number of ether oxygens (including phenoxy) is 1. The highest BCUT2D eigenvalue weighted by atomic mass is 32.1. The zero-order chi connectivity index (χ0) is 21.2. The maximum Gasteiger partial charge on any atom is 0.270 e. The molecule has 0 radical (unpaired) electrons. The van der Waals surface area contributed by atoms with Crippen LogP contribution in [0.2, 0.25) is 0 Å². The van der Waals surface area contributed by atoms with Crippen molar-refractivity contribution in [3.05, 3.63) is 46.1 Å². The van der Waals surface area contributed by atoms with E-state index in [0.29, 0.717) is 23.7 Å². The van der Waals surface area contributed by atoms with Crippen molar-refractivity contribution in [2.24, 2.45) is 5.92 Å². The van der Waals surface area contributed by atoms with Crippen molar-refractivity contribution in [2.45, 2.75) is 31.8 Å². The van der Waals surface area contributed by atoms with Crippen LogP contribution in [0.5, 0.6) is 0 Å². The van der Waals surface area contributed by atoms with Crippen LogP contribution < -0.4 is 15.8 Å². The van der Waals surface area contributed by atoms with Crippen LogP contribution >= 0.6 is 11.3 Å². The normalized spacial score (nSPS) is 21.5. The lowest BCUT2D eigenvalue weighted by Gasteiger charge is -2.32. The average Bonchev–Trinajstić information content (AvgIpc) is 3.48. The number of H-pyrrole nitrogens is 1. The summed E-state index contributed by atoms with van der Waals surface area (Å²) in [6.45, 7) is 2.68. The van der Waals surface area contributed by atoms with E-state index in [4.69, 9.17) is 9.72 Å². The van der Waals surface area contributed by atoms with Crippen LogP contribution in [-0.4, -0.2) is 48.2 Å². The molecule has 1 amide bonds. The first-order valence-electron chi connectivity index (χ1n) is 10.9. The molecule has 1 aromatic carbocycles. The molecule has 2 aliphatic heterocycles. The number of fused-ring (bicyclic) bond motifs is 1. The number of anilines is 1. The molecular weight excluding hydrogens is 412 g/mol. The van der Waals surface area contributed by atoms with Gasteiger partial charge < -0.3 is 15.0 Å². The third kappa shape index (κ3) is 4.22. The molecule has 2 aromatic heterocycles. The second-order valence-electron chi connectivity index (χ2n) is 8.25. The molecular formula is C23H26N4O3S. The molecule has 2 N–H and O–H groups in total. The highest BCUT2D eigenvalue weighted by molar-refractivity contribution is 7.17. The first-order valence-corrected chi connectivity index (χ1v) is 11.8. The zero-order valence-electron chi connectivity index (χ0n) is 17.3. The second kappa shape index (κ2) is 8.80. The number of amides is 1. The minimum Gasteiger partial charge on any atom is -0.376 e. The second-order valence-corrected chi connectivity index (χ2v) is 9.13. The van der Waals surface area contributed by atoms with Gasteiger partial charge in [0.25, 0.3) is 5.56 Å². The van der Waals surface area contributed by atoms with E-state index in [1.165, 1.54) is 11.3 Å². The Morgan fingerprint density at radius 3 is 2.94 bits per heavy atom. The monoisotopic (exact) mass is 438 g/mol. The molecule has 0 unspecified atom stereocenters. The van der Waals surface area contributed by atoms with E-state index in [1.807, 2.05) is 40.6 Å². The lowest BCUT2D eigenvalue weighted by atomic mass is 9.97. The molecule has 8 heteroatoms. The number of nitrogens with one attached hydrogen (secondary N) is 2. The molecule has 2 saturated heterocycles. The van der Waals surface area contributed by atoms with Gasteiger partial charge in [0.15, 0.2) is 0 Å². The van der Waals surface area contributed by atoms with Gasteiger partial charge in [0, 0.05) is 37.2 Å². The topological polar surface area (TPSA) is 87.3 Å². The number of benzene rings is 1. The summed E-state index contributed by atoms with van der Waals surface area (Å²) in [6, 6.07) is 9.99. The third-order valence-corrected chi connectivity index (χ3v) is 7.09. The molecule has 162 valence electrons. The minimum absolute atomic E-state index is 0.0594. The first kappa shape index (κ1) is 20.2. The molecule has 2 atom stereocenters. The fraction of sp³-hybridized carbons (Fsp3) is 0.435. The maximum atomic E-state index is 12.7. The van der Waals surface area contributed by atoms with Crippen LogP contribution in [0.1, 0.15) is 25.7 Å². The molecule has 0 spiro atoms. The first-order chi connectivity index (χ1) is 15.2. The number of thiophene rings is 1. The summed E-state index contributed by atoms with van der Waals surface area (Å²) in [5, 5.41) is 5.04. The molecule has 3 aromatic rings. The Bertz CT molecular complexity index is 1120. The molecule has 0 bridgehead atoms. The van der Waals surface area contributed by atoms with Crippen LogP contribution in [-0.2, 0) is 9.53 Å². The van der Waals surface area contributed by atoms with Gasteiger partial charge in [-0.3, -0.25) is 14.6 Å². The van der Waals surface area contributed by atoms with E-state index in [0.717, 1.165) is 55.5 Å². The summed E-state index contributed by atoms with van der Waals surface area (Å²) in [5.74, 6) is 0.487. The minimum atomic E-state index is -0.128. The van der Waals surface area contributed by atoms with E-state index in [1.54, 1.807) is 0 Å². The number of nitrogens with zero attached hydrogens (tertiary/aromatic N) is 2. The van der Waals surface area contributed by atoms with Gasteiger partial charge in [-0.2, -0.15) is 0 Å². The predicted octanol–water partition coefficient (Wildman–Crippen LogP) is 3.16. The highest BCUT2D eigenvalue weighted by Gasteiger charge is 2.28. The van der Waals surface area contributed by atoms with Crippen LogP contribution in [0.3, 0.4) is 0 Å². The molecule has 0 aliphatic carbocycles. The van der Waals surface area contributed by atoms with Crippen LogP contribution in [0.25, 0.3) is 21.3 Å². The standard InChI is InChI=1S/C23H26N4O3S/c28-21(24-12-17-9-5-11-30-17)16-8-4-10-27(13-16)23-25-19-18(15-6-2-1-3-7-15)14-31-20(19)22(29)26-23/h1-3,6-7,14,16-17H,4-5,8-13H2,(H,24,28)(H,25,26,29)/t16-,17+/m1/s1. The lowest BCUT2D eigenvalue weighted by molar-refractivity contribution is -0.125. The van der Waals surface area contributed by atoms with E-state index in [-0.39, 0.29) is 23.5 Å². The predicted molar refractivity (Wildman–Crippen MR) is 123 cm³/mol. The Hall–Kier alpha value is -2.71. The summed E-state index contributed by atoms with van der Waals surface area (Å²) >= 11 is 1.41. The van der Waals surface area contributed by atoms with Crippen molar-refractivity contribution in [3.8, 4) is 11.1 Å². The summed E-state index contributed by atoms with van der Waals surface area (Å²) < 4.78 is 6.23. The molecule has 2 aliphatic rings. The number of rotatable bonds is 5. The van der Waals surface area contributed by atoms with Crippen LogP contribution in [0, 0.1) is 5.92 Å². The zero-order valence-corrected chi connectivity index (χ0v) is 18.1. The van der Waals surface area contributed by atoms with E-state index in [2.05, 4.69) is 10.3 Å². The van der Waals surface area contributed by atoms with E-state index in [9.17, 15) is 9.59 Å². The van der Waals surface area contributed by atoms with Gasteiger partial charge in [0.05, 0.1) is 17.5 Å². The van der Waals surface area contributed by atoms with Crippen molar-refractivity contribution in [2.75, 3.05) is 31.1 Å². The van der Waals surface area contributed by atoms with Crippen molar-refractivity contribution >= 4 is 33.4 Å². The summed E-state index contributed by atoms with van der Waals surface area (Å²) in [5.41, 5.74) is 2.61. The number of hydrogen-bond acceptors (Lipinski definition) is 6. The highest BCUT2D eigenvalue weighted by Crippen LogP contribution is 2.32. The Morgan fingerprint density at radius 1 is 1.26 bits per heavy atom. The Labute approximate surface area is 184 Å². The molecule has 2 fully saturated rings. The number of carbonyl (C=O) groups excluding carboxylic acids is 1. The van der Waals surface area contributed by atoms with Crippen molar-refractivity contribution in [1.82, 2.24) is 15.3 Å². The average molecular weight is 439 g/mol. The number of piperidine rings is 1. The van der Waals surface area contributed by atoms with Crippen LogP contribution in [0.4, 0.5) is 5.95 Å². The summed E-state index contributed by atoms with van der Waals surface area (Å²) in [7, 11) is 0. The van der Waals surface area contributed by atoms with E-state index >= 15 is 0 Å². The Kier molecular flexibility index (Phi) is 5.74. The fourth-order valence-corrected chi connectivity index (χ4v) is 5.34. The SMILES string of the molecule is O=C(NC[C@@H]1CCCO1)[C@@H]1CCCN(c2nc3c(-c4ccccc4)csc3c(=O)[nH]2)C1. The van der Waals surface area contributed by atoms with Gasteiger partial charge in [-0.1, -0.05) is 30.3 Å². The lowest BCUT2D eigenvalue weighted by Crippen LogP contribution is -2.45. The van der Waals surface area contributed by atoms with Gasteiger partial charge >= 0.3 is 0 Å². The number of aromatic nitrogens is 2. The number of aromatic amines is 1. The third-order valence-electron chi connectivity index (χ3n) is 6.12. The molecule has 31 heavy (non-hydrogen) atoms. The smallest absolute Gasteiger partial charge is 0.270 e. The van der Waals surface area contributed by atoms with Crippen molar-refractivity contribution in [3.63, 3.8) is 0 Å². The quantitative estimate of drug-likeness (QED) is 0.639. The number of hydrogen-bond donors (Lipinski definition) is 2. The fourth-order valence-electron chi connectivity index (χ4n) is 4.44. The number of carbonyl (C=O) groups is 1. The van der Waals surface area contributed by atoms with Gasteiger partial charge in [-0.05, 0) is 31.2 Å². The van der Waals surface area contributed by atoms with Gasteiger partial charge in [0.1, 0.15) is 4.70 Å². The van der Waals surface area contributed by atoms with Gasteiger partial charge in [-0.15, -0.1) is 11.3 Å². The molecule has 7 nitrogen and oxygen atoms in total. The van der Waals surface area contributed by atoms with Gasteiger partial charge in [-0.25, -0.2) is 4.98 Å². The maximum absolute atomic E-state index is 12.7. The molecule has 5 rings (SSSR count). The summed E-state index contributed by atoms with van der Waals surface area (Å²) in [6.07, 6.45) is 3.93. The Balaban J connectivity index is 1.36. The largest absolute Gasteiger partial charge is 0.376 e. The molecule has 0 saturated carbocycles. The van der Waals surface area contributed by atoms with Crippen molar-refractivity contribution in [1.29, 1.82) is 0 Å². The molecule has 4 heterocycles.